The molecule has 200 valence electrons. The van der Waals surface area contributed by atoms with E-state index >= 15 is 4.39 Å². The number of piperazine rings is 1. The largest absolute Gasteiger partial charge is 0.462 e. The molecule has 4 aromatic rings. The molecule has 0 saturated carbocycles. The van der Waals surface area contributed by atoms with Crippen molar-refractivity contribution < 1.29 is 13.5 Å². The number of rotatable bonds is 5. The first-order chi connectivity index (χ1) is 18.3. The van der Waals surface area contributed by atoms with Crippen LogP contribution < -0.4 is 20.7 Å². The predicted octanol–water partition coefficient (Wildman–Crippen LogP) is 4.69. The van der Waals surface area contributed by atoms with Gasteiger partial charge in [0.2, 0.25) is 0 Å². The predicted molar refractivity (Wildman–Crippen MR) is 148 cm³/mol. The Morgan fingerprint density at radius 1 is 1.21 bits per heavy atom. The number of aromatic nitrogens is 3. The average molecular weight is 560 g/mol. The van der Waals surface area contributed by atoms with Crippen LogP contribution in [0.4, 0.5) is 19.7 Å². The zero-order valence-corrected chi connectivity index (χ0v) is 22.7. The van der Waals surface area contributed by atoms with Crippen LogP contribution in [0.3, 0.4) is 0 Å². The monoisotopic (exact) mass is 559 g/mol. The van der Waals surface area contributed by atoms with Crippen LogP contribution in [0.1, 0.15) is 19.8 Å². The summed E-state index contributed by atoms with van der Waals surface area (Å²) in [5.74, 6) is -0.533. The van der Waals surface area contributed by atoms with Crippen LogP contribution in [0.2, 0.25) is 5.02 Å². The van der Waals surface area contributed by atoms with Gasteiger partial charge in [-0.05, 0) is 51.6 Å². The van der Waals surface area contributed by atoms with Crippen LogP contribution in [0.15, 0.2) is 18.2 Å². The number of anilines is 2. The molecule has 0 aliphatic carbocycles. The average Bonchev–Trinajstić information content (AvgIpc) is 3.49. The molecular weight excluding hydrogens is 532 g/mol. The number of hydrogen-bond acceptors (Lipinski definition) is 9. The Balaban J connectivity index is 1.51. The van der Waals surface area contributed by atoms with Crippen molar-refractivity contribution in [3.63, 3.8) is 0 Å². The molecule has 4 heterocycles. The smallest absolute Gasteiger partial charge is 0.319 e. The van der Waals surface area contributed by atoms with E-state index in [9.17, 15) is 4.39 Å². The van der Waals surface area contributed by atoms with E-state index in [1.807, 2.05) is 0 Å². The summed E-state index contributed by atoms with van der Waals surface area (Å²) < 4.78 is 37.2. The van der Waals surface area contributed by atoms with E-state index in [2.05, 4.69) is 39.1 Å². The summed E-state index contributed by atoms with van der Waals surface area (Å²) in [6, 6.07) is 5.03. The number of thiazole rings is 1. The number of ether oxygens (including phenoxy) is 1. The summed E-state index contributed by atoms with van der Waals surface area (Å²) in [6.45, 7) is 5.67. The number of hydrogen-bond donors (Lipinski definition) is 2. The topological polar surface area (TPSA) is 92.4 Å². The van der Waals surface area contributed by atoms with Crippen LogP contribution in [-0.4, -0.2) is 71.8 Å². The van der Waals surface area contributed by atoms with E-state index in [0.717, 1.165) is 37.3 Å². The molecule has 0 radical (unpaired) electrons. The van der Waals surface area contributed by atoms with Gasteiger partial charge in [0.05, 0.1) is 15.2 Å². The molecule has 38 heavy (non-hydrogen) atoms. The molecule has 2 saturated heterocycles. The van der Waals surface area contributed by atoms with Crippen LogP contribution in [0.5, 0.6) is 6.01 Å². The maximum absolute atomic E-state index is 16.4. The number of nitrogens with one attached hydrogen (secondary N) is 1. The second-order valence-electron chi connectivity index (χ2n) is 9.99. The Labute approximate surface area is 227 Å². The third-order valence-corrected chi connectivity index (χ3v) is 8.56. The van der Waals surface area contributed by atoms with Gasteiger partial charge in [-0.2, -0.15) is 9.97 Å². The molecule has 0 spiro atoms. The number of halogens is 3. The molecule has 12 heteroatoms. The molecule has 2 aliphatic heterocycles. The van der Waals surface area contributed by atoms with E-state index in [1.54, 1.807) is 6.07 Å². The van der Waals surface area contributed by atoms with Crippen LogP contribution >= 0.6 is 22.9 Å². The van der Waals surface area contributed by atoms with E-state index < -0.39 is 11.6 Å². The first-order valence-electron chi connectivity index (χ1n) is 12.7. The van der Waals surface area contributed by atoms with Gasteiger partial charge < -0.3 is 25.6 Å². The third-order valence-electron chi connectivity index (χ3n) is 7.37. The minimum Gasteiger partial charge on any atom is -0.462 e. The maximum Gasteiger partial charge on any atom is 0.319 e. The van der Waals surface area contributed by atoms with Crippen molar-refractivity contribution in [1.29, 1.82) is 0 Å². The molecule has 2 aromatic carbocycles. The number of nitrogens with two attached hydrogens (primary N) is 1. The lowest BCUT2D eigenvalue weighted by Crippen LogP contribution is -2.49. The summed E-state index contributed by atoms with van der Waals surface area (Å²) in [5.41, 5.74) is 6.66. The summed E-state index contributed by atoms with van der Waals surface area (Å²) >= 11 is 7.73. The van der Waals surface area contributed by atoms with Crippen molar-refractivity contribution in [1.82, 2.24) is 25.2 Å². The van der Waals surface area contributed by atoms with Crippen molar-refractivity contribution >= 4 is 55.0 Å². The van der Waals surface area contributed by atoms with E-state index in [4.69, 9.17) is 27.1 Å². The first kappa shape index (κ1) is 25.4. The Hall–Kier alpha value is -2.86. The SMILES string of the molecule is C[C@@H]1CN(c2nc(OC[C@@H]3CCCN3C)nc3c(F)c(-c4ccc(F)c5sc(N)nc45)c(Cl)cc23)CCN1. The highest BCUT2D eigenvalue weighted by atomic mass is 35.5. The van der Waals surface area contributed by atoms with Gasteiger partial charge in [-0.3, -0.25) is 0 Å². The Morgan fingerprint density at radius 2 is 2.05 bits per heavy atom. The van der Waals surface area contributed by atoms with Crippen LogP contribution in [-0.2, 0) is 0 Å². The first-order valence-corrected chi connectivity index (χ1v) is 13.9. The minimum absolute atomic E-state index is 0.0919. The molecular formula is C26H28ClF2N7OS. The lowest BCUT2D eigenvalue weighted by atomic mass is 10.0. The molecule has 8 nitrogen and oxygen atoms in total. The fourth-order valence-electron chi connectivity index (χ4n) is 5.39. The van der Waals surface area contributed by atoms with E-state index in [-0.39, 0.29) is 49.5 Å². The highest BCUT2D eigenvalue weighted by Gasteiger charge is 2.27. The lowest BCUT2D eigenvalue weighted by Gasteiger charge is -2.33. The van der Waals surface area contributed by atoms with Gasteiger partial charge in [-0.15, -0.1) is 0 Å². The number of nitrogens with zero attached hydrogens (tertiary/aromatic N) is 5. The molecule has 0 bridgehead atoms. The molecule has 3 N–H and O–H groups in total. The number of benzene rings is 2. The lowest BCUT2D eigenvalue weighted by molar-refractivity contribution is 0.188. The van der Waals surface area contributed by atoms with Gasteiger partial charge >= 0.3 is 6.01 Å². The highest BCUT2D eigenvalue weighted by molar-refractivity contribution is 7.22. The summed E-state index contributed by atoms with van der Waals surface area (Å²) in [7, 11) is 2.07. The molecule has 2 atom stereocenters. The molecule has 6 rings (SSSR count). The molecule has 2 aliphatic rings. The molecule has 0 amide bonds. The highest BCUT2D eigenvalue weighted by Crippen LogP contribution is 2.42. The summed E-state index contributed by atoms with van der Waals surface area (Å²) in [6.07, 6.45) is 2.13. The van der Waals surface area contributed by atoms with E-state index in [1.165, 1.54) is 12.1 Å². The van der Waals surface area contributed by atoms with E-state index in [0.29, 0.717) is 36.5 Å². The quantitative estimate of drug-likeness (QED) is 0.364. The zero-order valence-electron chi connectivity index (χ0n) is 21.1. The molecule has 2 aromatic heterocycles. The fraction of sp³-hybridized carbons (Fsp3) is 0.423. The van der Waals surface area contributed by atoms with Gasteiger partial charge in [0.1, 0.15) is 23.8 Å². The summed E-state index contributed by atoms with van der Waals surface area (Å²) in [4.78, 5) is 17.9. The van der Waals surface area contributed by atoms with Crippen molar-refractivity contribution in [2.75, 3.05) is 50.5 Å². The van der Waals surface area contributed by atoms with Crippen molar-refractivity contribution in [2.24, 2.45) is 0 Å². The maximum atomic E-state index is 16.4. The Kier molecular flexibility index (Phi) is 6.71. The number of likely N-dealkylation sites (tertiary alicyclic amines) is 1. The van der Waals surface area contributed by atoms with Gasteiger partial charge in [0.15, 0.2) is 10.9 Å². The minimum atomic E-state index is -0.637. The molecule has 2 fully saturated rings. The number of nitrogen functional groups attached to an aromatic ring is 1. The normalized spacial score (nSPS) is 20.6. The van der Waals surface area contributed by atoms with Gasteiger partial charge in [0.25, 0.3) is 0 Å². The third kappa shape index (κ3) is 4.51. The number of likely N-dealkylation sites (N-methyl/N-ethyl adjacent to an activating group) is 1. The standard InChI is InChI=1S/C26H28ClF2N7OS/c1-13-11-36(9-7-31-13)24-16-10-17(27)19(15-5-6-18(28)23-22(15)32-25(30)38-23)20(29)21(16)33-26(34-24)37-12-14-4-3-8-35(14)2/h5-6,10,13-14,31H,3-4,7-9,11-12H2,1-2H3,(H2,30,32)/t13-,14+/m1/s1. The Morgan fingerprint density at radius 3 is 2.82 bits per heavy atom. The second-order valence-corrected chi connectivity index (χ2v) is 11.4. The van der Waals surface area contributed by atoms with Gasteiger partial charge in [0, 0.05) is 48.2 Å². The van der Waals surface area contributed by atoms with Crippen molar-refractivity contribution in [2.45, 2.75) is 31.8 Å². The zero-order chi connectivity index (χ0) is 26.6. The van der Waals surface area contributed by atoms with Gasteiger partial charge in [-0.25, -0.2) is 13.8 Å². The summed E-state index contributed by atoms with van der Waals surface area (Å²) in [5, 5.41) is 4.26. The van der Waals surface area contributed by atoms with Gasteiger partial charge in [-0.1, -0.05) is 22.9 Å². The Bertz CT molecular complexity index is 1530. The second kappa shape index (κ2) is 10.0. The van der Waals surface area contributed by atoms with Crippen LogP contribution in [0.25, 0.3) is 32.2 Å². The number of fused-ring (bicyclic) bond motifs is 2. The van der Waals surface area contributed by atoms with Crippen LogP contribution in [0, 0.1) is 11.6 Å². The van der Waals surface area contributed by atoms with Crippen molar-refractivity contribution in [3.05, 3.63) is 34.9 Å². The van der Waals surface area contributed by atoms with Crippen molar-refractivity contribution in [3.8, 4) is 17.1 Å². The fourth-order valence-corrected chi connectivity index (χ4v) is 6.45. The molecule has 0 unspecified atom stereocenters.